The second-order valence-corrected chi connectivity index (χ2v) is 4.25. The topological polar surface area (TPSA) is 55.2 Å². The monoisotopic (exact) mass is 242 g/mol. The maximum atomic E-state index is 10.8. The molecule has 0 bridgehead atoms. The van der Waals surface area contributed by atoms with Gasteiger partial charge in [0.2, 0.25) is 0 Å². The lowest BCUT2D eigenvalue weighted by Crippen LogP contribution is -2.11. The van der Waals surface area contributed by atoms with Gasteiger partial charge in [-0.05, 0) is 18.1 Å². The zero-order valence-electron chi connectivity index (χ0n) is 9.37. The highest BCUT2D eigenvalue weighted by atomic mass is 35.5. The predicted molar refractivity (Wildman–Crippen MR) is 66.1 cm³/mol. The molecule has 1 unspecified atom stereocenters. The van der Waals surface area contributed by atoms with Gasteiger partial charge in [-0.15, -0.1) is 0 Å². The Morgan fingerprint density at radius 3 is 2.81 bits per heavy atom. The summed E-state index contributed by atoms with van der Waals surface area (Å²) in [5, 5.41) is 14.2. The van der Waals surface area contributed by atoms with Gasteiger partial charge in [0.05, 0.1) is 4.92 Å². The minimum atomic E-state index is -0.426. The van der Waals surface area contributed by atoms with E-state index in [1.54, 1.807) is 12.1 Å². The van der Waals surface area contributed by atoms with Crippen LogP contribution in [0.5, 0.6) is 0 Å². The summed E-state index contributed by atoms with van der Waals surface area (Å²) >= 11 is 5.72. The zero-order chi connectivity index (χ0) is 12.1. The Kier molecular flexibility index (Phi) is 4.55. The van der Waals surface area contributed by atoms with E-state index in [-0.39, 0.29) is 5.69 Å². The van der Waals surface area contributed by atoms with Crippen LogP contribution >= 0.6 is 11.6 Å². The van der Waals surface area contributed by atoms with E-state index in [1.807, 2.05) is 0 Å². The summed E-state index contributed by atoms with van der Waals surface area (Å²) in [6, 6.07) is 4.65. The number of hydrogen-bond donors (Lipinski definition) is 1. The van der Waals surface area contributed by atoms with Crippen molar-refractivity contribution in [2.75, 3.05) is 11.9 Å². The SMILES string of the molecule is CCC(C)CNc1ccc(Cl)cc1[N+](=O)[O-]. The minimum Gasteiger partial charge on any atom is -0.379 e. The Morgan fingerprint density at radius 2 is 2.25 bits per heavy atom. The van der Waals surface area contributed by atoms with Crippen LogP contribution in [0.15, 0.2) is 18.2 Å². The summed E-state index contributed by atoms with van der Waals surface area (Å²) in [5.74, 6) is 0.482. The van der Waals surface area contributed by atoms with Crippen LogP contribution in [0.4, 0.5) is 11.4 Å². The molecule has 1 N–H and O–H groups in total. The summed E-state index contributed by atoms with van der Waals surface area (Å²) in [5.41, 5.74) is 0.547. The molecular weight excluding hydrogens is 228 g/mol. The van der Waals surface area contributed by atoms with Crippen LogP contribution in [0.1, 0.15) is 20.3 Å². The first-order valence-electron chi connectivity index (χ1n) is 5.22. The van der Waals surface area contributed by atoms with E-state index in [1.165, 1.54) is 6.07 Å². The maximum absolute atomic E-state index is 10.8. The van der Waals surface area contributed by atoms with Gasteiger partial charge in [0.15, 0.2) is 0 Å². The van der Waals surface area contributed by atoms with Crippen molar-refractivity contribution in [3.05, 3.63) is 33.3 Å². The number of benzene rings is 1. The smallest absolute Gasteiger partial charge is 0.293 e. The summed E-state index contributed by atoms with van der Waals surface area (Å²) in [4.78, 5) is 10.4. The summed E-state index contributed by atoms with van der Waals surface area (Å²) in [6.07, 6.45) is 1.04. The largest absolute Gasteiger partial charge is 0.379 e. The van der Waals surface area contributed by atoms with Crippen molar-refractivity contribution < 1.29 is 4.92 Å². The van der Waals surface area contributed by atoms with Crippen molar-refractivity contribution in [1.82, 2.24) is 0 Å². The number of rotatable bonds is 5. The zero-order valence-corrected chi connectivity index (χ0v) is 10.1. The molecule has 0 heterocycles. The first kappa shape index (κ1) is 12.8. The Bertz CT molecular complexity index is 382. The van der Waals surface area contributed by atoms with Gasteiger partial charge in [0, 0.05) is 17.6 Å². The van der Waals surface area contributed by atoms with E-state index in [4.69, 9.17) is 11.6 Å². The molecular formula is C11H15ClN2O2. The molecule has 1 atom stereocenters. The van der Waals surface area contributed by atoms with Gasteiger partial charge in [0.1, 0.15) is 5.69 Å². The molecule has 5 heteroatoms. The van der Waals surface area contributed by atoms with E-state index in [9.17, 15) is 10.1 Å². The van der Waals surface area contributed by atoms with Crippen LogP contribution in [0.25, 0.3) is 0 Å². The number of nitrogens with one attached hydrogen (secondary N) is 1. The molecule has 0 fully saturated rings. The average molecular weight is 243 g/mol. The molecule has 1 aromatic carbocycles. The van der Waals surface area contributed by atoms with E-state index in [0.29, 0.717) is 16.6 Å². The molecule has 0 radical (unpaired) electrons. The number of anilines is 1. The van der Waals surface area contributed by atoms with Crippen LogP contribution in [0.3, 0.4) is 0 Å². The molecule has 0 saturated carbocycles. The van der Waals surface area contributed by atoms with Crippen molar-refractivity contribution in [3.63, 3.8) is 0 Å². The molecule has 0 aromatic heterocycles. The van der Waals surface area contributed by atoms with Gasteiger partial charge >= 0.3 is 0 Å². The van der Waals surface area contributed by atoms with Crippen molar-refractivity contribution in [2.24, 2.45) is 5.92 Å². The third-order valence-electron chi connectivity index (χ3n) is 2.49. The van der Waals surface area contributed by atoms with Crippen molar-refractivity contribution in [2.45, 2.75) is 20.3 Å². The third kappa shape index (κ3) is 3.38. The highest BCUT2D eigenvalue weighted by Gasteiger charge is 2.14. The molecule has 0 amide bonds. The normalized spacial score (nSPS) is 12.2. The van der Waals surface area contributed by atoms with E-state index < -0.39 is 4.92 Å². The fourth-order valence-corrected chi connectivity index (χ4v) is 1.40. The maximum Gasteiger partial charge on any atom is 0.293 e. The molecule has 0 aliphatic carbocycles. The summed E-state index contributed by atoms with van der Waals surface area (Å²) in [6.45, 7) is 4.90. The second-order valence-electron chi connectivity index (χ2n) is 3.81. The average Bonchev–Trinajstić information content (AvgIpc) is 2.26. The van der Waals surface area contributed by atoms with Gasteiger partial charge in [0.25, 0.3) is 5.69 Å². The minimum absolute atomic E-state index is 0.0239. The molecule has 16 heavy (non-hydrogen) atoms. The van der Waals surface area contributed by atoms with Crippen LogP contribution in [-0.4, -0.2) is 11.5 Å². The van der Waals surface area contributed by atoms with Gasteiger partial charge in [-0.3, -0.25) is 10.1 Å². The Balaban J connectivity index is 2.82. The number of nitrogens with zero attached hydrogens (tertiary/aromatic N) is 1. The number of nitro benzene ring substituents is 1. The Morgan fingerprint density at radius 1 is 1.56 bits per heavy atom. The van der Waals surface area contributed by atoms with Gasteiger partial charge in [-0.1, -0.05) is 31.9 Å². The fraction of sp³-hybridized carbons (Fsp3) is 0.455. The molecule has 0 aliphatic heterocycles. The predicted octanol–water partition coefficient (Wildman–Crippen LogP) is 3.71. The molecule has 0 spiro atoms. The summed E-state index contributed by atoms with van der Waals surface area (Å²) in [7, 11) is 0. The van der Waals surface area contributed by atoms with E-state index in [2.05, 4.69) is 19.2 Å². The molecule has 1 rings (SSSR count). The highest BCUT2D eigenvalue weighted by molar-refractivity contribution is 6.30. The fourth-order valence-electron chi connectivity index (χ4n) is 1.23. The number of hydrogen-bond acceptors (Lipinski definition) is 3. The van der Waals surface area contributed by atoms with E-state index >= 15 is 0 Å². The van der Waals surface area contributed by atoms with Crippen molar-refractivity contribution >= 4 is 23.0 Å². The molecule has 4 nitrogen and oxygen atoms in total. The highest BCUT2D eigenvalue weighted by Crippen LogP contribution is 2.27. The van der Waals surface area contributed by atoms with Gasteiger partial charge in [-0.25, -0.2) is 0 Å². The number of nitro groups is 1. The Hall–Kier alpha value is -1.29. The van der Waals surface area contributed by atoms with Crippen molar-refractivity contribution in [1.29, 1.82) is 0 Å². The van der Waals surface area contributed by atoms with Crippen LogP contribution < -0.4 is 5.32 Å². The molecule has 1 aromatic rings. The molecule has 88 valence electrons. The third-order valence-corrected chi connectivity index (χ3v) is 2.73. The standard InChI is InChI=1S/C11H15ClN2O2/c1-3-8(2)7-13-10-5-4-9(12)6-11(10)14(15)16/h4-6,8,13H,3,7H2,1-2H3. The van der Waals surface area contributed by atoms with Crippen molar-refractivity contribution in [3.8, 4) is 0 Å². The van der Waals surface area contributed by atoms with Gasteiger partial charge < -0.3 is 5.32 Å². The first-order valence-corrected chi connectivity index (χ1v) is 5.60. The summed E-state index contributed by atoms with van der Waals surface area (Å²) < 4.78 is 0. The van der Waals surface area contributed by atoms with Crippen LogP contribution in [0.2, 0.25) is 5.02 Å². The van der Waals surface area contributed by atoms with Gasteiger partial charge in [-0.2, -0.15) is 0 Å². The Labute approximate surface area is 99.8 Å². The number of halogens is 1. The lowest BCUT2D eigenvalue weighted by atomic mass is 10.1. The second kappa shape index (κ2) is 5.70. The lowest BCUT2D eigenvalue weighted by Gasteiger charge is -2.11. The van der Waals surface area contributed by atoms with Crippen LogP contribution in [0, 0.1) is 16.0 Å². The van der Waals surface area contributed by atoms with E-state index in [0.717, 1.165) is 13.0 Å². The lowest BCUT2D eigenvalue weighted by molar-refractivity contribution is -0.383. The first-order chi connectivity index (χ1) is 7.54. The molecule has 0 saturated heterocycles. The quantitative estimate of drug-likeness (QED) is 0.633. The van der Waals surface area contributed by atoms with Crippen LogP contribution in [-0.2, 0) is 0 Å². The molecule has 0 aliphatic rings.